The fourth-order valence-electron chi connectivity index (χ4n) is 10.3. The van der Waals surface area contributed by atoms with Crippen LogP contribution in [0.3, 0.4) is 0 Å². The maximum Gasteiger partial charge on any atom is 0.306 e. The zero-order valence-corrected chi connectivity index (χ0v) is 49.4. The van der Waals surface area contributed by atoms with Crippen LogP contribution in [0.1, 0.15) is 381 Å². The van der Waals surface area contributed by atoms with Gasteiger partial charge in [0, 0.05) is 19.3 Å². The first kappa shape index (κ1) is 70.4. The fourth-order valence-corrected chi connectivity index (χ4v) is 10.3. The number of carbonyl (C=O) groups excluding carboxylic acids is 3. The molecular weight excluding hydrogens is 889 g/mol. The average Bonchev–Trinajstić information content (AvgIpc) is 3.38. The summed E-state index contributed by atoms with van der Waals surface area (Å²) in [5, 5.41) is 0. The van der Waals surface area contributed by atoms with E-state index in [1.54, 1.807) is 0 Å². The second-order valence-corrected chi connectivity index (χ2v) is 23.0. The number of carbonyl (C=O) groups is 3. The van der Waals surface area contributed by atoms with E-state index in [4.69, 9.17) is 14.2 Å². The van der Waals surface area contributed by atoms with Gasteiger partial charge < -0.3 is 14.2 Å². The van der Waals surface area contributed by atoms with Gasteiger partial charge in [0.15, 0.2) is 6.10 Å². The van der Waals surface area contributed by atoms with Crippen molar-refractivity contribution < 1.29 is 28.6 Å². The summed E-state index contributed by atoms with van der Waals surface area (Å²) >= 11 is 0. The van der Waals surface area contributed by atoms with E-state index in [2.05, 4.69) is 27.7 Å². The maximum absolute atomic E-state index is 12.9. The van der Waals surface area contributed by atoms with Crippen LogP contribution in [-0.4, -0.2) is 37.2 Å². The minimum atomic E-state index is -0.763. The molecule has 2 atom stereocenters. The Balaban J connectivity index is 4.29. The van der Waals surface area contributed by atoms with Gasteiger partial charge >= 0.3 is 17.9 Å². The van der Waals surface area contributed by atoms with Gasteiger partial charge in [0.05, 0.1) is 0 Å². The molecule has 0 aliphatic carbocycles. The fraction of sp³-hybridized carbons (Fsp3) is 0.955. The lowest BCUT2D eigenvalue weighted by Crippen LogP contribution is -2.30. The molecule has 428 valence electrons. The zero-order valence-electron chi connectivity index (χ0n) is 49.4. The number of hydrogen-bond acceptors (Lipinski definition) is 6. The minimum Gasteiger partial charge on any atom is -0.462 e. The molecule has 0 spiro atoms. The van der Waals surface area contributed by atoms with Gasteiger partial charge in [-0.25, -0.2) is 0 Å². The monoisotopic (exact) mass is 1020 g/mol. The summed E-state index contributed by atoms with van der Waals surface area (Å²) in [6.45, 7) is 9.13. The van der Waals surface area contributed by atoms with Crippen molar-refractivity contribution in [1.29, 1.82) is 0 Å². The van der Waals surface area contributed by atoms with Gasteiger partial charge in [0.25, 0.3) is 0 Å². The number of hydrogen-bond donors (Lipinski definition) is 0. The van der Waals surface area contributed by atoms with Crippen LogP contribution >= 0.6 is 0 Å². The number of rotatable bonds is 61. The molecule has 0 aromatic carbocycles. The predicted octanol–water partition coefficient (Wildman–Crippen LogP) is 22.1. The summed E-state index contributed by atoms with van der Waals surface area (Å²) in [6.07, 6.45) is 68.1. The second kappa shape index (κ2) is 60.3. The number of unbranched alkanes of at least 4 members (excludes halogenated alkanes) is 47. The SMILES string of the molecule is CCCCCCCCCCCCCCCCCCCCC(=O)OC[C@@H](COC(=O)CCCCCCCCCCCCCCCCC(C)CC)OC(=O)CCCCCCCCCCCCCCCCCCCC. The highest BCUT2D eigenvalue weighted by Gasteiger charge is 2.19. The van der Waals surface area contributed by atoms with Gasteiger partial charge in [-0.05, 0) is 25.2 Å². The van der Waals surface area contributed by atoms with Crippen LogP contribution < -0.4 is 0 Å². The van der Waals surface area contributed by atoms with E-state index in [9.17, 15) is 14.4 Å². The van der Waals surface area contributed by atoms with E-state index in [0.717, 1.165) is 63.7 Å². The minimum absolute atomic E-state index is 0.0610. The number of esters is 3. The maximum atomic E-state index is 12.9. The molecule has 72 heavy (non-hydrogen) atoms. The average molecular weight is 1020 g/mol. The van der Waals surface area contributed by atoms with Crippen LogP contribution in [0, 0.1) is 5.92 Å². The Morgan fingerprint density at radius 2 is 0.486 bits per heavy atom. The Labute approximate surface area is 450 Å². The highest BCUT2D eigenvalue weighted by atomic mass is 16.6. The quantitative estimate of drug-likeness (QED) is 0.0343. The van der Waals surface area contributed by atoms with E-state index in [0.29, 0.717) is 19.3 Å². The molecule has 0 aliphatic rings. The molecule has 0 rings (SSSR count). The van der Waals surface area contributed by atoms with Gasteiger partial charge in [-0.2, -0.15) is 0 Å². The molecule has 0 bridgehead atoms. The van der Waals surface area contributed by atoms with Crippen molar-refractivity contribution in [3.63, 3.8) is 0 Å². The zero-order chi connectivity index (χ0) is 52.3. The summed E-state index contributed by atoms with van der Waals surface area (Å²) in [6, 6.07) is 0. The van der Waals surface area contributed by atoms with Gasteiger partial charge in [-0.15, -0.1) is 0 Å². The van der Waals surface area contributed by atoms with Crippen LogP contribution in [0.2, 0.25) is 0 Å². The molecule has 0 amide bonds. The van der Waals surface area contributed by atoms with Crippen molar-refractivity contribution in [2.24, 2.45) is 5.92 Å². The van der Waals surface area contributed by atoms with Gasteiger partial charge in [-0.1, -0.05) is 342 Å². The third-order valence-electron chi connectivity index (χ3n) is 15.7. The smallest absolute Gasteiger partial charge is 0.306 e. The molecule has 0 saturated heterocycles. The lowest BCUT2D eigenvalue weighted by Gasteiger charge is -2.18. The van der Waals surface area contributed by atoms with Crippen molar-refractivity contribution >= 4 is 17.9 Å². The molecule has 0 saturated carbocycles. The highest BCUT2D eigenvalue weighted by Crippen LogP contribution is 2.19. The largest absolute Gasteiger partial charge is 0.462 e. The molecule has 0 heterocycles. The summed E-state index contributed by atoms with van der Waals surface area (Å²) < 4.78 is 17.0. The summed E-state index contributed by atoms with van der Waals surface area (Å²) in [5.74, 6) is 0.0706. The molecule has 6 heteroatoms. The molecular formula is C66H128O6. The lowest BCUT2D eigenvalue weighted by molar-refractivity contribution is -0.167. The Hall–Kier alpha value is -1.59. The third kappa shape index (κ3) is 57.7. The van der Waals surface area contributed by atoms with E-state index < -0.39 is 6.10 Å². The van der Waals surface area contributed by atoms with E-state index >= 15 is 0 Å². The van der Waals surface area contributed by atoms with Gasteiger partial charge in [0.1, 0.15) is 13.2 Å². The third-order valence-corrected chi connectivity index (χ3v) is 15.7. The molecule has 0 N–H and O–H groups in total. The van der Waals surface area contributed by atoms with Crippen LogP contribution in [-0.2, 0) is 28.6 Å². The molecule has 1 unspecified atom stereocenters. The second-order valence-electron chi connectivity index (χ2n) is 23.0. The summed E-state index contributed by atoms with van der Waals surface area (Å²) in [5.41, 5.74) is 0. The van der Waals surface area contributed by atoms with Crippen LogP contribution in [0.5, 0.6) is 0 Å². The Morgan fingerprint density at radius 1 is 0.278 bits per heavy atom. The molecule has 0 radical (unpaired) electrons. The molecule has 0 aromatic heterocycles. The van der Waals surface area contributed by atoms with Crippen molar-refractivity contribution in [3.05, 3.63) is 0 Å². The van der Waals surface area contributed by atoms with Crippen LogP contribution in [0.25, 0.3) is 0 Å². The standard InChI is InChI=1S/C66H128O6/c1-5-8-10-12-14-16-18-20-22-24-26-28-33-37-41-45-49-53-57-64(67)70-60-63(72-66(69)59-55-51-47-43-39-35-29-27-25-23-21-19-17-15-13-11-9-6-2)61-71-65(68)58-54-50-46-42-38-34-31-30-32-36-40-44-48-52-56-62(4)7-3/h62-63H,5-61H2,1-4H3/t62?,63-/m0/s1. The first-order valence-corrected chi connectivity index (χ1v) is 32.9. The first-order chi connectivity index (χ1) is 35.4. The van der Waals surface area contributed by atoms with Crippen molar-refractivity contribution in [1.82, 2.24) is 0 Å². The highest BCUT2D eigenvalue weighted by molar-refractivity contribution is 5.71. The van der Waals surface area contributed by atoms with Crippen molar-refractivity contribution in [2.45, 2.75) is 387 Å². The topological polar surface area (TPSA) is 78.9 Å². The molecule has 0 aromatic rings. The predicted molar refractivity (Wildman–Crippen MR) is 312 cm³/mol. The molecule has 6 nitrogen and oxygen atoms in total. The Bertz CT molecular complexity index is 1090. The van der Waals surface area contributed by atoms with Gasteiger partial charge in [0.2, 0.25) is 0 Å². The van der Waals surface area contributed by atoms with E-state index in [1.165, 1.54) is 276 Å². The molecule has 0 fully saturated rings. The Kier molecular flexibility index (Phi) is 58.9. The van der Waals surface area contributed by atoms with Gasteiger partial charge in [-0.3, -0.25) is 14.4 Å². The van der Waals surface area contributed by atoms with Crippen molar-refractivity contribution in [2.75, 3.05) is 13.2 Å². The van der Waals surface area contributed by atoms with Crippen LogP contribution in [0.15, 0.2) is 0 Å². The van der Waals surface area contributed by atoms with Crippen molar-refractivity contribution in [3.8, 4) is 0 Å². The first-order valence-electron chi connectivity index (χ1n) is 32.9. The van der Waals surface area contributed by atoms with E-state index in [-0.39, 0.29) is 31.1 Å². The molecule has 0 aliphatic heterocycles. The van der Waals surface area contributed by atoms with Crippen LogP contribution in [0.4, 0.5) is 0 Å². The Morgan fingerprint density at radius 3 is 0.722 bits per heavy atom. The lowest BCUT2D eigenvalue weighted by atomic mass is 9.99. The summed E-state index contributed by atoms with van der Waals surface area (Å²) in [4.78, 5) is 38.4. The number of ether oxygens (including phenoxy) is 3. The van der Waals surface area contributed by atoms with E-state index in [1.807, 2.05) is 0 Å². The summed E-state index contributed by atoms with van der Waals surface area (Å²) in [7, 11) is 0. The normalized spacial score (nSPS) is 12.3.